The highest BCUT2D eigenvalue weighted by atomic mass is 16.8. The Morgan fingerprint density at radius 3 is 2.62 bits per heavy atom. The van der Waals surface area contributed by atoms with Gasteiger partial charge < -0.3 is 14.2 Å². The summed E-state index contributed by atoms with van der Waals surface area (Å²) in [4.78, 5) is 11.7. The molecular formula is C28H44O4. The summed E-state index contributed by atoms with van der Waals surface area (Å²) >= 11 is 0. The third-order valence-electron chi connectivity index (χ3n) is 10.8. The molecule has 1 aliphatic heterocycles. The van der Waals surface area contributed by atoms with Gasteiger partial charge in [-0.25, -0.2) is 0 Å². The van der Waals surface area contributed by atoms with Crippen molar-refractivity contribution in [3.63, 3.8) is 0 Å². The normalized spacial score (nSPS) is 47.5. The predicted octanol–water partition coefficient (Wildman–Crippen LogP) is 6.28. The highest BCUT2D eigenvalue weighted by molar-refractivity contribution is 5.69. The molecule has 1 heterocycles. The van der Waals surface area contributed by atoms with Crippen molar-refractivity contribution in [2.75, 3.05) is 7.11 Å². The van der Waals surface area contributed by atoms with Crippen LogP contribution < -0.4 is 0 Å². The third-order valence-corrected chi connectivity index (χ3v) is 10.8. The lowest BCUT2D eigenvalue weighted by atomic mass is 9.46. The van der Waals surface area contributed by atoms with Crippen LogP contribution in [0.4, 0.5) is 0 Å². The quantitative estimate of drug-likeness (QED) is 0.378. The highest BCUT2D eigenvalue weighted by Gasteiger charge is 2.61. The molecule has 9 atom stereocenters. The molecule has 0 amide bonds. The van der Waals surface area contributed by atoms with E-state index in [1.165, 1.54) is 45.6 Å². The van der Waals surface area contributed by atoms with Gasteiger partial charge in [-0.2, -0.15) is 0 Å². The maximum Gasteiger partial charge on any atom is 0.305 e. The summed E-state index contributed by atoms with van der Waals surface area (Å²) in [7, 11) is 1.50. The van der Waals surface area contributed by atoms with Gasteiger partial charge in [-0.1, -0.05) is 26.8 Å². The summed E-state index contributed by atoms with van der Waals surface area (Å²) < 4.78 is 17.6. The van der Waals surface area contributed by atoms with Crippen LogP contribution in [0.25, 0.3) is 0 Å². The van der Waals surface area contributed by atoms with Crippen molar-refractivity contribution >= 4 is 5.97 Å². The molecule has 0 aromatic carbocycles. The third kappa shape index (κ3) is 3.42. The Labute approximate surface area is 194 Å². The van der Waals surface area contributed by atoms with Crippen LogP contribution in [0.3, 0.4) is 0 Å². The van der Waals surface area contributed by atoms with E-state index in [-0.39, 0.29) is 23.6 Å². The van der Waals surface area contributed by atoms with Crippen LogP contribution in [-0.4, -0.2) is 31.1 Å². The summed E-state index contributed by atoms with van der Waals surface area (Å²) in [5.74, 6) is 3.20. The zero-order valence-electron chi connectivity index (χ0n) is 21.1. The van der Waals surface area contributed by atoms with Crippen LogP contribution in [0.5, 0.6) is 0 Å². The van der Waals surface area contributed by atoms with Gasteiger partial charge in [0.15, 0.2) is 5.79 Å². The Morgan fingerprint density at radius 2 is 1.88 bits per heavy atom. The van der Waals surface area contributed by atoms with Gasteiger partial charge in [-0.05, 0) is 111 Å². The fraction of sp³-hybridized carbons (Fsp3) is 0.893. The minimum atomic E-state index is -0.456. The fourth-order valence-electron chi connectivity index (χ4n) is 9.26. The van der Waals surface area contributed by atoms with Gasteiger partial charge in [0, 0.05) is 6.42 Å². The maximum absolute atomic E-state index is 11.7. The summed E-state index contributed by atoms with van der Waals surface area (Å²) in [6.45, 7) is 11.7. The molecule has 1 saturated heterocycles. The van der Waals surface area contributed by atoms with Crippen molar-refractivity contribution in [2.24, 2.45) is 40.4 Å². The first-order valence-corrected chi connectivity index (χ1v) is 13.2. The smallest absolute Gasteiger partial charge is 0.305 e. The molecular weight excluding hydrogens is 400 g/mol. The number of hydrogen-bond donors (Lipinski definition) is 0. The number of rotatable bonds is 4. The van der Waals surface area contributed by atoms with E-state index in [4.69, 9.17) is 14.2 Å². The summed E-state index contributed by atoms with van der Waals surface area (Å²) in [5.41, 5.74) is 2.25. The van der Waals surface area contributed by atoms with Crippen molar-refractivity contribution in [2.45, 2.75) is 110 Å². The van der Waals surface area contributed by atoms with Crippen molar-refractivity contribution in [3.05, 3.63) is 11.6 Å². The predicted molar refractivity (Wildman–Crippen MR) is 125 cm³/mol. The molecule has 0 aromatic heterocycles. The highest BCUT2D eigenvalue weighted by Crippen LogP contribution is 2.68. The molecule has 0 bridgehead atoms. The molecule has 5 aliphatic rings. The van der Waals surface area contributed by atoms with Gasteiger partial charge in [-0.3, -0.25) is 4.79 Å². The number of hydrogen-bond acceptors (Lipinski definition) is 4. The van der Waals surface area contributed by atoms with Crippen LogP contribution in [0.15, 0.2) is 11.6 Å². The summed E-state index contributed by atoms with van der Waals surface area (Å²) in [6.07, 6.45) is 13.5. The van der Waals surface area contributed by atoms with E-state index in [1.54, 1.807) is 5.57 Å². The lowest BCUT2D eigenvalue weighted by Crippen LogP contribution is -2.53. The average molecular weight is 445 g/mol. The number of fused-ring (bicyclic) bond motifs is 7. The van der Waals surface area contributed by atoms with E-state index in [2.05, 4.69) is 40.7 Å². The number of methoxy groups -OCH3 is 1. The molecule has 4 fully saturated rings. The lowest BCUT2D eigenvalue weighted by Gasteiger charge is -2.59. The van der Waals surface area contributed by atoms with Gasteiger partial charge in [-0.15, -0.1) is 0 Å². The first-order chi connectivity index (χ1) is 15.1. The zero-order chi connectivity index (χ0) is 22.9. The maximum atomic E-state index is 11.7. The molecule has 4 aliphatic carbocycles. The van der Waals surface area contributed by atoms with Gasteiger partial charge in [0.25, 0.3) is 0 Å². The molecule has 4 nitrogen and oxygen atoms in total. The molecule has 0 radical (unpaired) electrons. The largest absolute Gasteiger partial charge is 0.469 e. The molecule has 0 unspecified atom stereocenters. The summed E-state index contributed by atoms with van der Waals surface area (Å²) in [5, 5.41) is 0. The van der Waals surface area contributed by atoms with Crippen molar-refractivity contribution in [1.29, 1.82) is 0 Å². The van der Waals surface area contributed by atoms with Crippen LogP contribution >= 0.6 is 0 Å². The van der Waals surface area contributed by atoms with Crippen LogP contribution in [-0.2, 0) is 19.0 Å². The summed E-state index contributed by atoms with van der Waals surface area (Å²) in [6, 6.07) is 0. The number of esters is 1. The second-order valence-electron chi connectivity index (χ2n) is 12.6. The molecule has 0 aromatic rings. The first-order valence-electron chi connectivity index (χ1n) is 13.2. The van der Waals surface area contributed by atoms with E-state index < -0.39 is 5.79 Å². The molecule has 0 N–H and O–H groups in total. The van der Waals surface area contributed by atoms with Crippen LogP contribution in [0.1, 0.15) is 92.4 Å². The van der Waals surface area contributed by atoms with Gasteiger partial charge in [0.1, 0.15) is 6.10 Å². The fourth-order valence-corrected chi connectivity index (χ4v) is 9.26. The van der Waals surface area contributed by atoms with E-state index in [0.29, 0.717) is 17.8 Å². The monoisotopic (exact) mass is 444 g/mol. The number of carbonyl (C=O) groups is 1. The molecule has 4 heteroatoms. The van der Waals surface area contributed by atoms with E-state index in [9.17, 15) is 4.79 Å². The Balaban J connectivity index is 1.36. The number of allylic oxidation sites excluding steroid dienone is 1. The topological polar surface area (TPSA) is 44.8 Å². The van der Waals surface area contributed by atoms with E-state index in [1.807, 2.05) is 0 Å². The lowest BCUT2D eigenvalue weighted by molar-refractivity contribution is -0.143. The second-order valence-corrected chi connectivity index (χ2v) is 12.6. The molecule has 180 valence electrons. The SMILES string of the molecule is COC(=O)CC[C@@H](C)[C@H]1CC[C@H]2[C@@H]3CC=C4[C@H]5OC(C)(C)O[C@H]5CC[C@]4(C)[C@H]3CC[C@]12C. The van der Waals surface area contributed by atoms with Gasteiger partial charge in [0.05, 0.1) is 13.2 Å². The van der Waals surface area contributed by atoms with Crippen LogP contribution in [0, 0.1) is 40.4 Å². The van der Waals surface area contributed by atoms with E-state index >= 15 is 0 Å². The van der Waals surface area contributed by atoms with Crippen LogP contribution in [0.2, 0.25) is 0 Å². The number of carbonyl (C=O) groups excluding carboxylic acids is 1. The zero-order valence-corrected chi connectivity index (χ0v) is 21.1. The second kappa shape index (κ2) is 7.83. The van der Waals surface area contributed by atoms with Gasteiger partial charge in [0.2, 0.25) is 0 Å². The Morgan fingerprint density at radius 1 is 1.09 bits per heavy atom. The minimum absolute atomic E-state index is 0.0602. The first kappa shape index (κ1) is 22.9. The number of ether oxygens (including phenoxy) is 3. The Bertz CT molecular complexity index is 786. The molecule has 3 saturated carbocycles. The Hall–Kier alpha value is -0.870. The molecule has 32 heavy (non-hydrogen) atoms. The minimum Gasteiger partial charge on any atom is -0.469 e. The average Bonchev–Trinajstić information content (AvgIpc) is 3.26. The van der Waals surface area contributed by atoms with E-state index in [0.717, 1.165) is 36.5 Å². The Kier molecular flexibility index (Phi) is 5.61. The molecule has 0 spiro atoms. The van der Waals surface area contributed by atoms with Crippen molar-refractivity contribution < 1.29 is 19.0 Å². The van der Waals surface area contributed by atoms with Gasteiger partial charge >= 0.3 is 5.97 Å². The van der Waals surface area contributed by atoms with Crippen molar-refractivity contribution in [3.8, 4) is 0 Å². The standard InChI is InChI=1S/C28H44O4/c1-17(7-12-24(29)30-6)19-10-11-20-18-8-9-22-25-23(31-26(2,3)32-25)14-16-28(22,5)21(18)13-15-27(19,20)4/h9,17-21,23,25H,7-8,10-16H2,1-6H3/t17-,18+,19-,20+,21+,23+,25-,27-,28-/m1/s1. The molecule has 5 rings (SSSR count). The van der Waals surface area contributed by atoms with Crippen molar-refractivity contribution in [1.82, 2.24) is 0 Å².